The molecule has 16 heavy (non-hydrogen) atoms. The van der Waals surface area contributed by atoms with Gasteiger partial charge >= 0.3 is 0 Å². The number of carbonyl (C=O) groups excluding carboxylic acids is 1. The molecule has 0 unspecified atom stereocenters. The van der Waals surface area contributed by atoms with Gasteiger partial charge in [-0.2, -0.15) is 0 Å². The fourth-order valence-electron chi connectivity index (χ4n) is 2.52. The minimum Gasteiger partial charge on any atom is -0.353 e. The minimum atomic E-state index is 0.169. The quantitative estimate of drug-likeness (QED) is 0.706. The molecular weight excluding hydrogens is 200 g/mol. The summed E-state index contributed by atoms with van der Waals surface area (Å²) in [5, 5.41) is 3.12. The highest BCUT2D eigenvalue weighted by atomic mass is 16.1. The topological polar surface area (TPSA) is 55.1 Å². The van der Waals surface area contributed by atoms with Gasteiger partial charge in [-0.15, -0.1) is 0 Å². The Morgan fingerprint density at radius 3 is 2.50 bits per heavy atom. The maximum Gasteiger partial charge on any atom is 0.220 e. The third kappa shape index (κ3) is 4.97. The molecule has 0 heterocycles. The van der Waals surface area contributed by atoms with E-state index >= 15 is 0 Å². The van der Waals surface area contributed by atoms with Gasteiger partial charge in [-0.3, -0.25) is 4.79 Å². The lowest BCUT2D eigenvalue weighted by atomic mass is 9.93. The van der Waals surface area contributed by atoms with Gasteiger partial charge in [-0.05, 0) is 38.6 Å². The van der Waals surface area contributed by atoms with Crippen molar-refractivity contribution >= 4 is 5.91 Å². The molecular formula is C13H26N2O. The molecule has 1 atom stereocenters. The molecule has 94 valence electrons. The van der Waals surface area contributed by atoms with E-state index in [4.69, 9.17) is 5.73 Å². The van der Waals surface area contributed by atoms with Crippen LogP contribution in [0.1, 0.15) is 58.3 Å². The molecule has 1 rings (SSSR count). The molecule has 0 aromatic rings. The summed E-state index contributed by atoms with van der Waals surface area (Å²) in [5.41, 5.74) is 5.39. The van der Waals surface area contributed by atoms with E-state index in [-0.39, 0.29) is 5.91 Å². The van der Waals surface area contributed by atoms with Crippen LogP contribution in [0.4, 0.5) is 0 Å². The van der Waals surface area contributed by atoms with Gasteiger partial charge in [0.2, 0.25) is 5.91 Å². The van der Waals surface area contributed by atoms with Crippen molar-refractivity contribution < 1.29 is 4.79 Å². The molecule has 1 aliphatic rings. The van der Waals surface area contributed by atoms with Gasteiger partial charge in [0, 0.05) is 12.5 Å². The first-order valence-electron chi connectivity index (χ1n) is 6.73. The van der Waals surface area contributed by atoms with E-state index in [1.807, 2.05) is 0 Å². The molecule has 0 saturated heterocycles. The van der Waals surface area contributed by atoms with Gasteiger partial charge in [0.1, 0.15) is 0 Å². The van der Waals surface area contributed by atoms with Crippen LogP contribution in [-0.4, -0.2) is 18.5 Å². The zero-order chi connectivity index (χ0) is 11.8. The molecule has 0 aromatic heterocycles. The van der Waals surface area contributed by atoms with Crippen molar-refractivity contribution in [3.05, 3.63) is 0 Å². The van der Waals surface area contributed by atoms with Crippen LogP contribution >= 0.6 is 0 Å². The first-order valence-corrected chi connectivity index (χ1v) is 6.73. The minimum absolute atomic E-state index is 0.169. The van der Waals surface area contributed by atoms with Crippen LogP contribution < -0.4 is 11.1 Å². The molecule has 0 spiro atoms. The zero-order valence-electron chi connectivity index (χ0n) is 10.5. The Balaban J connectivity index is 2.26. The fraction of sp³-hybridized carbons (Fsp3) is 0.923. The molecule has 0 aromatic carbocycles. The Kier molecular flexibility index (Phi) is 6.46. The zero-order valence-corrected chi connectivity index (χ0v) is 10.5. The van der Waals surface area contributed by atoms with Crippen molar-refractivity contribution in [2.45, 2.75) is 64.3 Å². The van der Waals surface area contributed by atoms with Crippen molar-refractivity contribution in [2.24, 2.45) is 11.7 Å². The van der Waals surface area contributed by atoms with E-state index in [9.17, 15) is 4.79 Å². The van der Waals surface area contributed by atoms with Crippen LogP contribution in [0, 0.1) is 5.92 Å². The van der Waals surface area contributed by atoms with Gasteiger partial charge in [-0.1, -0.05) is 25.7 Å². The number of nitrogens with one attached hydrogen (secondary N) is 1. The molecule has 3 N–H and O–H groups in total. The smallest absolute Gasteiger partial charge is 0.220 e. The summed E-state index contributed by atoms with van der Waals surface area (Å²) in [5.74, 6) is 0.853. The number of hydrogen-bond donors (Lipinski definition) is 2. The molecule has 0 bridgehead atoms. The average Bonchev–Trinajstić information content (AvgIpc) is 2.54. The van der Waals surface area contributed by atoms with Gasteiger partial charge in [0.25, 0.3) is 0 Å². The standard InChI is InChI=1S/C13H26N2O/c1-11(15-13(16)9-6-10-14)12-7-4-2-3-5-8-12/h11-12H,2-10,14H2,1H3,(H,15,16)/t11-/m0/s1. The highest BCUT2D eigenvalue weighted by molar-refractivity contribution is 5.76. The van der Waals surface area contributed by atoms with E-state index in [0.717, 1.165) is 6.42 Å². The van der Waals surface area contributed by atoms with E-state index < -0.39 is 0 Å². The van der Waals surface area contributed by atoms with Gasteiger partial charge in [0.15, 0.2) is 0 Å². The molecule has 1 aliphatic carbocycles. The van der Waals surface area contributed by atoms with Crippen molar-refractivity contribution in [1.29, 1.82) is 0 Å². The lowest BCUT2D eigenvalue weighted by molar-refractivity contribution is -0.122. The van der Waals surface area contributed by atoms with E-state index in [1.165, 1.54) is 38.5 Å². The van der Waals surface area contributed by atoms with Crippen LogP contribution in [0.2, 0.25) is 0 Å². The summed E-state index contributed by atoms with van der Waals surface area (Å²) in [6.07, 6.45) is 9.31. The summed E-state index contributed by atoms with van der Waals surface area (Å²) in [6.45, 7) is 2.75. The van der Waals surface area contributed by atoms with Gasteiger partial charge in [-0.25, -0.2) is 0 Å². The van der Waals surface area contributed by atoms with Crippen molar-refractivity contribution in [1.82, 2.24) is 5.32 Å². The van der Waals surface area contributed by atoms with Crippen LogP contribution in [0.5, 0.6) is 0 Å². The van der Waals surface area contributed by atoms with E-state index in [2.05, 4.69) is 12.2 Å². The largest absolute Gasteiger partial charge is 0.353 e. The number of nitrogens with two attached hydrogens (primary N) is 1. The van der Waals surface area contributed by atoms with Crippen LogP contribution in [-0.2, 0) is 4.79 Å². The second kappa shape index (κ2) is 7.66. The first-order chi connectivity index (χ1) is 7.74. The molecule has 1 saturated carbocycles. The predicted octanol–water partition coefficient (Wildman–Crippen LogP) is 2.20. The highest BCUT2D eigenvalue weighted by Crippen LogP contribution is 2.25. The second-order valence-corrected chi connectivity index (χ2v) is 5.00. The monoisotopic (exact) mass is 226 g/mol. The summed E-state index contributed by atoms with van der Waals surface area (Å²) in [7, 11) is 0. The third-order valence-corrected chi connectivity index (χ3v) is 3.60. The summed E-state index contributed by atoms with van der Waals surface area (Å²) < 4.78 is 0. The highest BCUT2D eigenvalue weighted by Gasteiger charge is 2.20. The summed E-state index contributed by atoms with van der Waals surface area (Å²) in [4.78, 5) is 11.6. The van der Waals surface area contributed by atoms with Crippen LogP contribution in [0.15, 0.2) is 0 Å². The average molecular weight is 226 g/mol. The lowest BCUT2D eigenvalue weighted by Gasteiger charge is -2.23. The number of amides is 1. The molecule has 3 nitrogen and oxygen atoms in total. The molecule has 0 radical (unpaired) electrons. The lowest BCUT2D eigenvalue weighted by Crippen LogP contribution is -2.38. The summed E-state index contributed by atoms with van der Waals surface area (Å²) >= 11 is 0. The molecule has 1 amide bonds. The molecule has 0 aliphatic heterocycles. The van der Waals surface area contributed by atoms with Crippen molar-refractivity contribution in [2.75, 3.05) is 6.54 Å². The van der Waals surface area contributed by atoms with Crippen molar-refractivity contribution in [3.63, 3.8) is 0 Å². The van der Waals surface area contributed by atoms with Gasteiger partial charge in [0.05, 0.1) is 0 Å². The Morgan fingerprint density at radius 1 is 1.31 bits per heavy atom. The third-order valence-electron chi connectivity index (χ3n) is 3.60. The van der Waals surface area contributed by atoms with E-state index in [0.29, 0.717) is 24.9 Å². The maximum absolute atomic E-state index is 11.6. The Bertz CT molecular complexity index is 198. The summed E-state index contributed by atoms with van der Waals surface area (Å²) in [6, 6.07) is 0.336. The molecule has 1 fully saturated rings. The maximum atomic E-state index is 11.6. The Morgan fingerprint density at radius 2 is 1.94 bits per heavy atom. The number of rotatable bonds is 5. The number of carbonyl (C=O) groups is 1. The van der Waals surface area contributed by atoms with E-state index in [1.54, 1.807) is 0 Å². The van der Waals surface area contributed by atoms with Crippen LogP contribution in [0.3, 0.4) is 0 Å². The van der Waals surface area contributed by atoms with Gasteiger partial charge < -0.3 is 11.1 Å². The predicted molar refractivity (Wildman–Crippen MR) is 67.1 cm³/mol. The van der Waals surface area contributed by atoms with Crippen LogP contribution in [0.25, 0.3) is 0 Å². The Labute approximate surface area is 99.2 Å². The normalized spacial score (nSPS) is 20.1. The second-order valence-electron chi connectivity index (χ2n) is 5.00. The Hall–Kier alpha value is -0.570. The SMILES string of the molecule is C[C@H](NC(=O)CCCN)C1CCCCCC1. The fourth-order valence-corrected chi connectivity index (χ4v) is 2.52. The molecule has 3 heteroatoms. The van der Waals surface area contributed by atoms with Crippen molar-refractivity contribution in [3.8, 4) is 0 Å². The number of hydrogen-bond acceptors (Lipinski definition) is 2. The first kappa shape index (κ1) is 13.5.